The molecule has 0 radical (unpaired) electrons. The van der Waals surface area contributed by atoms with Crippen LogP contribution in [0.3, 0.4) is 0 Å². The maximum atomic E-state index is 11.0. The Kier molecular flexibility index (Phi) is 4.23. The van der Waals surface area contributed by atoms with E-state index >= 15 is 0 Å². The van der Waals surface area contributed by atoms with E-state index < -0.39 is 11.8 Å². The van der Waals surface area contributed by atoms with Crippen LogP contribution in [0.25, 0.3) is 0 Å². The third-order valence-corrected chi connectivity index (χ3v) is 7.30. The van der Waals surface area contributed by atoms with Crippen LogP contribution in [-0.4, -0.2) is 30.6 Å². The zero-order chi connectivity index (χ0) is 23.7. The second kappa shape index (κ2) is 7.09. The molecule has 0 spiro atoms. The van der Waals surface area contributed by atoms with Crippen LogP contribution in [0, 0.1) is 0 Å². The Morgan fingerprint density at radius 3 is 1.44 bits per heavy atom. The van der Waals surface area contributed by atoms with E-state index in [-0.39, 0.29) is 46.3 Å². The Hall–Kier alpha value is -4.32. The van der Waals surface area contributed by atoms with Gasteiger partial charge in [0, 0.05) is 46.9 Å². The Morgan fingerprint density at radius 2 is 0.882 bits per heavy atom. The zero-order valence-corrected chi connectivity index (χ0v) is 17.9. The predicted molar refractivity (Wildman–Crippen MR) is 125 cm³/mol. The first-order chi connectivity index (χ1) is 16.3. The van der Waals surface area contributed by atoms with Gasteiger partial charge in [-0.25, -0.2) is 0 Å². The number of hydrogen-bond donors (Lipinski definition) is 6. The molecular weight excluding hydrogens is 432 g/mol. The fourth-order valence-electron chi connectivity index (χ4n) is 6.15. The standard InChI is InChI=1S/C28H22O6/c29-15-5-1-13(2-6-15)23-25-19(9-17(31)11-21(25)33)28-24(14-3-7-16(30)8-4-14)27(23)20-10-18(32)12-22(34)26(20)28/h1-12,23-24,27-34H/t23-,24+,27+,28+/m1/s1. The van der Waals surface area contributed by atoms with Gasteiger partial charge >= 0.3 is 0 Å². The molecule has 6 heteroatoms. The normalized spacial score (nSPS) is 22.2. The third kappa shape index (κ3) is 2.81. The van der Waals surface area contributed by atoms with Crippen molar-refractivity contribution in [3.63, 3.8) is 0 Å². The van der Waals surface area contributed by atoms with Gasteiger partial charge in [0.15, 0.2) is 0 Å². The molecule has 0 aliphatic heterocycles. The summed E-state index contributed by atoms with van der Waals surface area (Å²) in [6, 6.07) is 19.6. The first-order valence-electron chi connectivity index (χ1n) is 11.0. The van der Waals surface area contributed by atoms with Crippen LogP contribution in [0.4, 0.5) is 0 Å². The second-order valence-corrected chi connectivity index (χ2v) is 9.13. The van der Waals surface area contributed by atoms with E-state index in [2.05, 4.69) is 0 Å². The summed E-state index contributed by atoms with van der Waals surface area (Å²) in [4.78, 5) is 0. The Bertz CT molecular complexity index is 1430. The average Bonchev–Trinajstić information content (AvgIpc) is 3.05. The van der Waals surface area contributed by atoms with Gasteiger partial charge in [-0.2, -0.15) is 0 Å². The fourth-order valence-corrected chi connectivity index (χ4v) is 6.15. The molecule has 6 rings (SSSR count). The molecule has 4 atom stereocenters. The number of hydrogen-bond acceptors (Lipinski definition) is 6. The summed E-state index contributed by atoms with van der Waals surface area (Å²) in [6.07, 6.45) is 0. The number of phenols is 6. The summed E-state index contributed by atoms with van der Waals surface area (Å²) in [5, 5.41) is 62.6. The van der Waals surface area contributed by atoms with Gasteiger partial charge in [0.1, 0.15) is 34.5 Å². The molecule has 4 aromatic rings. The second-order valence-electron chi connectivity index (χ2n) is 9.13. The lowest BCUT2D eigenvalue weighted by Gasteiger charge is -2.40. The molecule has 2 aliphatic rings. The number of phenolic OH excluding ortho intramolecular Hbond substituents is 6. The minimum Gasteiger partial charge on any atom is -0.508 e. The van der Waals surface area contributed by atoms with E-state index in [4.69, 9.17) is 0 Å². The Labute approximate surface area is 195 Å². The van der Waals surface area contributed by atoms with E-state index in [0.29, 0.717) is 16.7 Å². The number of aromatic hydroxyl groups is 6. The summed E-state index contributed by atoms with van der Waals surface area (Å²) >= 11 is 0. The van der Waals surface area contributed by atoms with Gasteiger partial charge in [0.05, 0.1) is 0 Å². The first-order valence-corrected chi connectivity index (χ1v) is 11.0. The molecule has 0 saturated heterocycles. The minimum absolute atomic E-state index is 0.0496. The lowest BCUT2D eigenvalue weighted by atomic mass is 9.63. The molecule has 0 amide bonds. The van der Waals surface area contributed by atoms with Crippen LogP contribution < -0.4 is 0 Å². The highest BCUT2D eigenvalue weighted by molar-refractivity contribution is 5.68. The molecule has 34 heavy (non-hydrogen) atoms. The number of fused-ring (bicyclic) bond motifs is 7. The molecule has 170 valence electrons. The summed E-state index contributed by atoms with van der Waals surface area (Å²) in [6.45, 7) is 0. The van der Waals surface area contributed by atoms with Crippen molar-refractivity contribution in [2.24, 2.45) is 0 Å². The third-order valence-electron chi connectivity index (χ3n) is 7.30. The van der Waals surface area contributed by atoms with Crippen molar-refractivity contribution in [1.82, 2.24) is 0 Å². The SMILES string of the molecule is Oc1ccc([C@@H]2c3c(O)cc(O)cc3[C@@H]3c4c(O)cc(O)cc4[C@@H]2[C@@H]3c2ccc(O)cc2)cc1. The van der Waals surface area contributed by atoms with Crippen LogP contribution in [0.1, 0.15) is 57.1 Å². The maximum absolute atomic E-state index is 11.0. The van der Waals surface area contributed by atoms with E-state index in [1.807, 2.05) is 12.1 Å². The highest BCUT2D eigenvalue weighted by Crippen LogP contribution is 2.68. The molecule has 0 fully saturated rings. The van der Waals surface area contributed by atoms with Gasteiger partial charge in [-0.05, 0) is 58.7 Å². The minimum atomic E-state index is -0.397. The first kappa shape index (κ1) is 20.3. The molecule has 6 N–H and O–H groups in total. The molecule has 4 aromatic carbocycles. The van der Waals surface area contributed by atoms with Crippen molar-refractivity contribution < 1.29 is 30.6 Å². The van der Waals surface area contributed by atoms with E-state index in [9.17, 15) is 30.6 Å². The quantitative estimate of drug-likeness (QED) is 0.251. The number of rotatable bonds is 2. The van der Waals surface area contributed by atoms with Crippen molar-refractivity contribution in [2.45, 2.75) is 23.7 Å². The van der Waals surface area contributed by atoms with Gasteiger partial charge in [0.25, 0.3) is 0 Å². The largest absolute Gasteiger partial charge is 0.508 e. The Morgan fingerprint density at radius 1 is 0.412 bits per heavy atom. The van der Waals surface area contributed by atoms with Gasteiger partial charge in [-0.1, -0.05) is 24.3 Å². The van der Waals surface area contributed by atoms with Crippen molar-refractivity contribution in [3.05, 3.63) is 106 Å². The van der Waals surface area contributed by atoms with E-state index in [1.165, 1.54) is 12.1 Å². The van der Waals surface area contributed by atoms with Crippen LogP contribution in [0.2, 0.25) is 0 Å². The maximum Gasteiger partial charge on any atom is 0.123 e. The molecule has 0 aromatic heterocycles. The van der Waals surface area contributed by atoms with Crippen LogP contribution in [0.15, 0.2) is 72.8 Å². The zero-order valence-electron chi connectivity index (χ0n) is 17.9. The topological polar surface area (TPSA) is 121 Å². The average molecular weight is 454 g/mol. The molecule has 2 aliphatic carbocycles. The van der Waals surface area contributed by atoms with E-state index in [1.54, 1.807) is 48.5 Å². The highest BCUT2D eigenvalue weighted by Gasteiger charge is 2.53. The van der Waals surface area contributed by atoms with Crippen LogP contribution in [-0.2, 0) is 0 Å². The smallest absolute Gasteiger partial charge is 0.123 e. The van der Waals surface area contributed by atoms with Crippen molar-refractivity contribution >= 4 is 0 Å². The van der Waals surface area contributed by atoms with Crippen molar-refractivity contribution in [3.8, 4) is 34.5 Å². The van der Waals surface area contributed by atoms with Crippen LogP contribution in [0.5, 0.6) is 34.5 Å². The van der Waals surface area contributed by atoms with E-state index in [0.717, 1.165) is 16.7 Å². The van der Waals surface area contributed by atoms with Gasteiger partial charge < -0.3 is 30.6 Å². The van der Waals surface area contributed by atoms with Crippen LogP contribution >= 0.6 is 0 Å². The fraction of sp³-hybridized carbons (Fsp3) is 0.143. The molecule has 0 saturated carbocycles. The summed E-state index contributed by atoms with van der Waals surface area (Å²) in [5.41, 5.74) is 4.48. The summed E-state index contributed by atoms with van der Waals surface area (Å²) < 4.78 is 0. The monoisotopic (exact) mass is 454 g/mol. The van der Waals surface area contributed by atoms with Crippen molar-refractivity contribution in [2.75, 3.05) is 0 Å². The Balaban J connectivity index is 1.72. The molecule has 0 heterocycles. The lowest BCUT2D eigenvalue weighted by molar-refractivity contribution is 0.406. The molecule has 6 nitrogen and oxygen atoms in total. The molecule has 2 bridgehead atoms. The van der Waals surface area contributed by atoms with Gasteiger partial charge in [-0.3, -0.25) is 0 Å². The van der Waals surface area contributed by atoms with Gasteiger partial charge in [-0.15, -0.1) is 0 Å². The summed E-state index contributed by atoms with van der Waals surface area (Å²) in [7, 11) is 0. The van der Waals surface area contributed by atoms with Gasteiger partial charge in [0.2, 0.25) is 0 Å². The molecular formula is C28H22O6. The highest BCUT2D eigenvalue weighted by atomic mass is 16.3. The van der Waals surface area contributed by atoms with Crippen molar-refractivity contribution in [1.29, 1.82) is 0 Å². The number of benzene rings is 4. The molecule has 0 unspecified atom stereocenters. The lowest BCUT2D eigenvalue weighted by Crippen LogP contribution is -2.26. The summed E-state index contributed by atoms with van der Waals surface area (Å²) in [5.74, 6) is -1.29. The predicted octanol–water partition coefficient (Wildman–Crippen LogP) is 5.08.